The first kappa shape index (κ1) is 9.72. The van der Waals surface area contributed by atoms with Gasteiger partial charge in [-0.3, -0.25) is 4.79 Å². The van der Waals surface area contributed by atoms with Crippen LogP contribution in [0.5, 0.6) is 0 Å². The van der Waals surface area contributed by atoms with Crippen LogP contribution in [0.25, 0.3) is 0 Å². The van der Waals surface area contributed by atoms with E-state index in [0.717, 1.165) is 25.7 Å². The number of hydrogen-bond acceptors (Lipinski definition) is 2. The Morgan fingerprint density at radius 1 is 1.08 bits per heavy atom. The molecule has 1 fully saturated rings. The third-order valence-corrected chi connectivity index (χ3v) is 2.84. The summed E-state index contributed by atoms with van der Waals surface area (Å²) in [6.07, 6.45) is 6.91. The van der Waals surface area contributed by atoms with Crippen LogP contribution in [0, 0.1) is 0 Å². The van der Waals surface area contributed by atoms with Gasteiger partial charge in [-0.2, -0.15) is 0 Å². The van der Waals surface area contributed by atoms with Gasteiger partial charge in [0.25, 0.3) is 0 Å². The summed E-state index contributed by atoms with van der Waals surface area (Å²) in [5.74, 6) is -0.0515. The fourth-order valence-electron chi connectivity index (χ4n) is 1.84. The van der Waals surface area contributed by atoms with Crippen molar-refractivity contribution in [3.63, 3.8) is 0 Å². The van der Waals surface area contributed by atoms with E-state index >= 15 is 0 Å². The minimum Gasteiger partial charge on any atom is -0.382 e. The molecule has 0 amide bonds. The number of carbonyl (C=O) groups excluding carboxylic acids is 1. The van der Waals surface area contributed by atoms with Crippen molar-refractivity contribution in [1.82, 2.24) is 0 Å². The molecule has 0 unspecified atom stereocenters. The van der Waals surface area contributed by atoms with Crippen molar-refractivity contribution >= 4 is 5.78 Å². The Kier molecular flexibility index (Phi) is 3.27. The Labute approximate surface area is 74.0 Å². The fraction of sp³-hybridized carbons (Fsp3) is 0.900. The Balaban J connectivity index is 2.54. The molecule has 0 heterocycles. The number of hydrogen-bond donors (Lipinski definition) is 1. The van der Waals surface area contributed by atoms with Gasteiger partial charge in [-0.15, -0.1) is 0 Å². The van der Waals surface area contributed by atoms with E-state index < -0.39 is 5.60 Å². The SMILES string of the molecule is CC(=O)C1(O)CCCCCCC1. The van der Waals surface area contributed by atoms with E-state index in [0.29, 0.717) is 12.8 Å². The van der Waals surface area contributed by atoms with E-state index in [4.69, 9.17) is 0 Å². The van der Waals surface area contributed by atoms with Crippen LogP contribution in [0.4, 0.5) is 0 Å². The zero-order valence-electron chi connectivity index (χ0n) is 7.81. The molecule has 1 saturated carbocycles. The monoisotopic (exact) mass is 170 g/mol. The summed E-state index contributed by atoms with van der Waals surface area (Å²) in [6, 6.07) is 0. The normalized spacial score (nSPS) is 24.2. The molecule has 12 heavy (non-hydrogen) atoms. The molecule has 0 atom stereocenters. The van der Waals surface area contributed by atoms with Crippen LogP contribution >= 0.6 is 0 Å². The van der Waals surface area contributed by atoms with Crippen LogP contribution in [0.1, 0.15) is 51.9 Å². The summed E-state index contributed by atoms with van der Waals surface area (Å²) in [5.41, 5.74) is -0.986. The standard InChI is InChI=1S/C10H18O2/c1-9(11)10(12)7-5-3-2-4-6-8-10/h12H,2-8H2,1H3. The molecule has 0 aromatic heterocycles. The van der Waals surface area contributed by atoms with Gasteiger partial charge >= 0.3 is 0 Å². The molecule has 1 aliphatic carbocycles. The first-order valence-corrected chi connectivity index (χ1v) is 4.88. The minimum atomic E-state index is -0.986. The fourth-order valence-corrected chi connectivity index (χ4v) is 1.84. The van der Waals surface area contributed by atoms with E-state index in [2.05, 4.69) is 0 Å². The lowest BCUT2D eigenvalue weighted by Gasteiger charge is -2.27. The lowest BCUT2D eigenvalue weighted by atomic mass is 9.84. The van der Waals surface area contributed by atoms with Gasteiger partial charge in [-0.1, -0.05) is 32.1 Å². The molecule has 2 nitrogen and oxygen atoms in total. The number of ketones is 1. The highest BCUT2D eigenvalue weighted by atomic mass is 16.3. The van der Waals surface area contributed by atoms with Gasteiger partial charge in [-0.25, -0.2) is 0 Å². The van der Waals surface area contributed by atoms with Crippen molar-refractivity contribution in [3.05, 3.63) is 0 Å². The topological polar surface area (TPSA) is 37.3 Å². The van der Waals surface area contributed by atoms with Crippen LogP contribution in [0.15, 0.2) is 0 Å². The molecule has 0 saturated heterocycles. The van der Waals surface area contributed by atoms with Crippen molar-refractivity contribution in [2.75, 3.05) is 0 Å². The molecule has 0 radical (unpaired) electrons. The third-order valence-electron chi connectivity index (χ3n) is 2.84. The first-order valence-electron chi connectivity index (χ1n) is 4.88. The highest BCUT2D eigenvalue weighted by Crippen LogP contribution is 2.26. The summed E-state index contributed by atoms with van der Waals surface area (Å²) in [4.78, 5) is 11.1. The lowest BCUT2D eigenvalue weighted by Crippen LogP contribution is -2.37. The maximum Gasteiger partial charge on any atom is 0.161 e. The highest BCUT2D eigenvalue weighted by molar-refractivity contribution is 5.84. The average Bonchev–Trinajstić information content (AvgIpc) is 1.97. The molecule has 0 bridgehead atoms. The molecule has 0 spiro atoms. The number of carbonyl (C=O) groups is 1. The Bertz CT molecular complexity index is 155. The summed E-state index contributed by atoms with van der Waals surface area (Å²) >= 11 is 0. The van der Waals surface area contributed by atoms with Crippen molar-refractivity contribution in [1.29, 1.82) is 0 Å². The highest BCUT2D eigenvalue weighted by Gasteiger charge is 2.31. The average molecular weight is 170 g/mol. The van der Waals surface area contributed by atoms with Crippen molar-refractivity contribution in [2.45, 2.75) is 57.5 Å². The van der Waals surface area contributed by atoms with Crippen LogP contribution in [-0.2, 0) is 4.79 Å². The summed E-state index contributed by atoms with van der Waals surface area (Å²) < 4.78 is 0. The molecule has 0 aromatic rings. The molecule has 2 heteroatoms. The molecule has 0 aliphatic heterocycles. The zero-order chi connectivity index (χ0) is 9.03. The predicted molar refractivity (Wildman–Crippen MR) is 47.9 cm³/mol. The molecule has 1 rings (SSSR count). The van der Waals surface area contributed by atoms with Crippen LogP contribution in [-0.4, -0.2) is 16.5 Å². The number of aliphatic hydroxyl groups is 1. The van der Waals surface area contributed by atoms with Crippen molar-refractivity contribution in [3.8, 4) is 0 Å². The summed E-state index contributed by atoms with van der Waals surface area (Å²) in [6.45, 7) is 1.50. The smallest absolute Gasteiger partial charge is 0.161 e. The van der Waals surface area contributed by atoms with E-state index in [1.165, 1.54) is 13.3 Å². The molecule has 0 aromatic carbocycles. The first-order chi connectivity index (χ1) is 5.65. The van der Waals surface area contributed by atoms with Gasteiger partial charge in [0.2, 0.25) is 0 Å². The van der Waals surface area contributed by atoms with Gasteiger partial charge in [0.15, 0.2) is 5.78 Å². The maximum atomic E-state index is 11.1. The van der Waals surface area contributed by atoms with E-state index in [9.17, 15) is 9.90 Å². The quantitative estimate of drug-likeness (QED) is 0.654. The van der Waals surface area contributed by atoms with E-state index in [1.54, 1.807) is 0 Å². The van der Waals surface area contributed by atoms with E-state index in [-0.39, 0.29) is 5.78 Å². The maximum absolute atomic E-state index is 11.1. The minimum absolute atomic E-state index is 0.0515. The second-order valence-electron chi connectivity index (χ2n) is 3.86. The van der Waals surface area contributed by atoms with Crippen molar-refractivity contribution < 1.29 is 9.90 Å². The third kappa shape index (κ3) is 2.31. The second-order valence-corrected chi connectivity index (χ2v) is 3.86. The number of Topliss-reactive ketones (excluding diaryl/α,β-unsaturated/α-hetero) is 1. The summed E-state index contributed by atoms with van der Waals surface area (Å²) in [7, 11) is 0. The molecule has 1 N–H and O–H groups in total. The van der Waals surface area contributed by atoms with Gasteiger partial charge in [0.1, 0.15) is 5.60 Å². The second kappa shape index (κ2) is 4.04. The largest absolute Gasteiger partial charge is 0.382 e. The van der Waals surface area contributed by atoms with Crippen LogP contribution in [0.2, 0.25) is 0 Å². The Hall–Kier alpha value is -0.370. The van der Waals surface area contributed by atoms with Gasteiger partial charge < -0.3 is 5.11 Å². The Morgan fingerprint density at radius 2 is 1.50 bits per heavy atom. The lowest BCUT2D eigenvalue weighted by molar-refractivity contribution is -0.137. The molecular formula is C10H18O2. The van der Waals surface area contributed by atoms with Gasteiger partial charge in [0.05, 0.1) is 0 Å². The predicted octanol–water partition coefficient (Wildman–Crippen LogP) is 2.05. The van der Waals surface area contributed by atoms with Crippen LogP contribution < -0.4 is 0 Å². The molecule has 1 aliphatic rings. The Morgan fingerprint density at radius 3 is 1.92 bits per heavy atom. The summed E-state index contributed by atoms with van der Waals surface area (Å²) in [5, 5.41) is 9.90. The number of rotatable bonds is 1. The molecular weight excluding hydrogens is 152 g/mol. The van der Waals surface area contributed by atoms with Gasteiger partial charge in [0, 0.05) is 0 Å². The van der Waals surface area contributed by atoms with E-state index in [1.807, 2.05) is 0 Å². The zero-order valence-corrected chi connectivity index (χ0v) is 7.81. The van der Waals surface area contributed by atoms with Crippen molar-refractivity contribution in [2.24, 2.45) is 0 Å². The van der Waals surface area contributed by atoms with Gasteiger partial charge in [-0.05, 0) is 19.8 Å². The van der Waals surface area contributed by atoms with Crippen LogP contribution in [0.3, 0.4) is 0 Å². The molecule has 70 valence electrons.